The number of methoxy groups -OCH3 is 1. The zero-order valence-corrected chi connectivity index (χ0v) is 17.7. The van der Waals surface area contributed by atoms with Crippen LogP contribution < -0.4 is 10.1 Å². The predicted octanol–water partition coefficient (Wildman–Crippen LogP) is 3.09. The van der Waals surface area contributed by atoms with Gasteiger partial charge in [0.1, 0.15) is 5.75 Å². The standard InChI is InChI=1S/C24H27NO5/c1-16(2)30-22(24(27)28)14-18-9-11-21(29-4)20(13-18)15-25-23(26)12-10-19-8-6-5-7-17(19)3/h5-9,11,13,16,22H,14-15H2,1-4H3,(H,25,26)(H,27,28). The molecule has 2 aromatic carbocycles. The molecular formula is C24H27NO5. The van der Waals surface area contributed by atoms with Crippen molar-refractivity contribution in [3.8, 4) is 17.6 Å². The summed E-state index contributed by atoms with van der Waals surface area (Å²) in [5, 5.41) is 12.1. The number of carboxylic acid groups (broad SMARTS) is 1. The molecule has 2 N–H and O–H groups in total. The summed E-state index contributed by atoms with van der Waals surface area (Å²) in [7, 11) is 1.54. The van der Waals surface area contributed by atoms with Crippen LogP contribution in [0, 0.1) is 18.8 Å². The highest BCUT2D eigenvalue weighted by molar-refractivity contribution is 5.94. The van der Waals surface area contributed by atoms with Gasteiger partial charge in [0.05, 0.1) is 13.2 Å². The van der Waals surface area contributed by atoms with Gasteiger partial charge >= 0.3 is 5.97 Å². The second-order valence-corrected chi connectivity index (χ2v) is 7.11. The van der Waals surface area contributed by atoms with Gasteiger partial charge in [-0.25, -0.2) is 4.79 Å². The molecule has 0 saturated carbocycles. The minimum atomic E-state index is -1.01. The first-order valence-corrected chi connectivity index (χ1v) is 9.69. The van der Waals surface area contributed by atoms with E-state index in [0.29, 0.717) is 5.75 Å². The number of nitrogens with one attached hydrogen (secondary N) is 1. The molecule has 1 atom stereocenters. The second-order valence-electron chi connectivity index (χ2n) is 7.11. The van der Waals surface area contributed by atoms with Gasteiger partial charge in [0.25, 0.3) is 5.91 Å². The van der Waals surface area contributed by atoms with E-state index in [1.54, 1.807) is 33.1 Å². The van der Waals surface area contributed by atoms with Crippen LogP contribution in [0.25, 0.3) is 0 Å². The van der Waals surface area contributed by atoms with Crippen molar-refractivity contribution < 1.29 is 24.2 Å². The van der Waals surface area contributed by atoms with Gasteiger partial charge in [-0.2, -0.15) is 0 Å². The number of carbonyl (C=O) groups excluding carboxylic acids is 1. The van der Waals surface area contributed by atoms with Gasteiger partial charge in [0.15, 0.2) is 6.10 Å². The third-order valence-electron chi connectivity index (χ3n) is 4.37. The summed E-state index contributed by atoms with van der Waals surface area (Å²) in [6.45, 7) is 5.73. The van der Waals surface area contributed by atoms with E-state index in [1.165, 1.54) is 0 Å². The zero-order valence-electron chi connectivity index (χ0n) is 17.7. The van der Waals surface area contributed by atoms with Crippen LogP contribution in [-0.4, -0.2) is 36.3 Å². The van der Waals surface area contributed by atoms with E-state index >= 15 is 0 Å². The van der Waals surface area contributed by atoms with E-state index in [9.17, 15) is 14.7 Å². The van der Waals surface area contributed by atoms with Crippen molar-refractivity contribution in [3.05, 3.63) is 64.7 Å². The molecule has 0 saturated heterocycles. The number of hydrogen-bond donors (Lipinski definition) is 2. The number of aryl methyl sites for hydroxylation is 1. The molecule has 0 aliphatic heterocycles. The highest BCUT2D eigenvalue weighted by atomic mass is 16.5. The molecule has 0 spiro atoms. The van der Waals surface area contributed by atoms with Crippen LogP contribution in [0.3, 0.4) is 0 Å². The van der Waals surface area contributed by atoms with Crippen LogP contribution in [0.5, 0.6) is 5.75 Å². The monoisotopic (exact) mass is 409 g/mol. The zero-order chi connectivity index (χ0) is 22.1. The number of carboxylic acids is 1. The molecule has 0 bridgehead atoms. The number of benzene rings is 2. The maximum atomic E-state index is 12.2. The van der Waals surface area contributed by atoms with Crippen molar-refractivity contribution in [1.82, 2.24) is 5.32 Å². The molecule has 158 valence electrons. The van der Waals surface area contributed by atoms with Gasteiger partial charge in [0.2, 0.25) is 0 Å². The fourth-order valence-corrected chi connectivity index (χ4v) is 2.89. The molecule has 6 heteroatoms. The largest absolute Gasteiger partial charge is 0.496 e. The normalized spacial score (nSPS) is 11.4. The SMILES string of the molecule is COc1ccc(CC(OC(C)C)C(=O)O)cc1CNC(=O)C#Cc1ccccc1C. The minimum absolute atomic E-state index is 0.199. The van der Waals surface area contributed by atoms with Crippen molar-refractivity contribution in [1.29, 1.82) is 0 Å². The Kier molecular flexibility index (Phi) is 8.45. The molecule has 0 fully saturated rings. The van der Waals surface area contributed by atoms with Gasteiger partial charge in [-0.1, -0.05) is 36.3 Å². The lowest BCUT2D eigenvalue weighted by Gasteiger charge is -2.17. The first kappa shape index (κ1) is 23.0. The van der Waals surface area contributed by atoms with Gasteiger partial charge < -0.3 is 19.9 Å². The molecule has 2 aromatic rings. The average molecular weight is 409 g/mol. The first-order valence-electron chi connectivity index (χ1n) is 9.69. The van der Waals surface area contributed by atoms with Crippen molar-refractivity contribution >= 4 is 11.9 Å². The number of carbonyl (C=O) groups is 2. The molecule has 0 heterocycles. The Hall–Kier alpha value is -3.30. The summed E-state index contributed by atoms with van der Waals surface area (Å²) in [6, 6.07) is 12.9. The molecule has 0 aliphatic carbocycles. The third kappa shape index (κ3) is 6.94. The van der Waals surface area contributed by atoms with Crippen LogP contribution >= 0.6 is 0 Å². The molecular weight excluding hydrogens is 382 g/mol. The van der Waals surface area contributed by atoms with E-state index in [4.69, 9.17) is 9.47 Å². The predicted molar refractivity (Wildman–Crippen MR) is 114 cm³/mol. The van der Waals surface area contributed by atoms with Crippen LogP contribution in [0.1, 0.15) is 36.1 Å². The van der Waals surface area contributed by atoms with Crippen LogP contribution in [0.2, 0.25) is 0 Å². The van der Waals surface area contributed by atoms with E-state index in [2.05, 4.69) is 17.2 Å². The maximum absolute atomic E-state index is 12.2. The number of ether oxygens (including phenoxy) is 2. The van der Waals surface area contributed by atoms with E-state index in [-0.39, 0.29) is 19.1 Å². The Balaban J connectivity index is 2.09. The third-order valence-corrected chi connectivity index (χ3v) is 4.37. The fraction of sp³-hybridized carbons (Fsp3) is 0.333. The summed E-state index contributed by atoms with van der Waals surface area (Å²) in [4.78, 5) is 23.6. The van der Waals surface area contributed by atoms with E-state index in [0.717, 1.165) is 22.3 Å². The molecule has 0 radical (unpaired) electrons. The van der Waals surface area contributed by atoms with Crippen LogP contribution in [-0.2, 0) is 27.3 Å². The Morgan fingerprint density at radius 2 is 1.90 bits per heavy atom. The summed E-state index contributed by atoms with van der Waals surface area (Å²) < 4.78 is 10.8. The van der Waals surface area contributed by atoms with Gasteiger partial charge in [-0.3, -0.25) is 4.79 Å². The van der Waals surface area contributed by atoms with E-state index in [1.807, 2.05) is 37.3 Å². The Bertz CT molecular complexity index is 956. The summed E-state index contributed by atoms with van der Waals surface area (Å²) in [5.74, 6) is 4.64. The van der Waals surface area contributed by atoms with Gasteiger partial charge in [-0.05, 0) is 44.0 Å². The Labute approximate surface area is 177 Å². The lowest BCUT2D eigenvalue weighted by molar-refractivity contribution is -0.153. The van der Waals surface area contributed by atoms with Crippen LogP contribution in [0.15, 0.2) is 42.5 Å². The molecule has 0 aliphatic rings. The number of hydrogen-bond acceptors (Lipinski definition) is 4. The highest BCUT2D eigenvalue weighted by Gasteiger charge is 2.20. The fourth-order valence-electron chi connectivity index (χ4n) is 2.89. The molecule has 2 rings (SSSR count). The van der Waals surface area contributed by atoms with Crippen molar-refractivity contribution in [3.63, 3.8) is 0 Å². The maximum Gasteiger partial charge on any atom is 0.333 e. The van der Waals surface area contributed by atoms with Gasteiger partial charge in [-0.15, -0.1) is 0 Å². The number of amides is 1. The molecule has 6 nitrogen and oxygen atoms in total. The minimum Gasteiger partial charge on any atom is -0.496 e. The topological polar surface area (TPSA) is 84.9 Å². The molecule has 30 heavy (non-hydrogen) atoms. The van der Waals surface area contributed by atoms with Crippen molar-refractivity contribution in [2.24, 2.45) is 0 Å². The lowest BCUT2D eigenvalue weighted by atomic mass is 10.0. The summed E-state index contributed by atoms with van der Waals surface area (Å²) in [6.07, 6.45) is -0.929. The summed E-state index contributed by atoms with van der Waals surface area (Å²) >= 11 is 0. The van der Waals surface area contributed by atoms with E-state index < -0.39 is 18.0 Å². The van der Waals surface area contributed by atoms with Crippen LogP contribution in [0.4, 0.5) is 0 Å². The average Bonchev–Trinajstić information content (AvgIpc) is 2.71. The van der Waals surface area contributed by atoms with Crippen molar-refractivity contribution in [2.45, 2.75) is 45.9 Å². The smallest absolute Gasteiger partial charge is 0.333 e. The number of rotatable bonds is 8. The second kappa shape index (κ2) is 11.0. The molecule has 1 unspecified atom stereocenters. The molecule has 1 amide bonds. The van der Waals surface area contributed by atoms with Gasteiger partial charge in [0, 0.05) is 30.0 Å². The summed E-state index contributed by atoms with van der Waals surface area (Å²) in [5.41, 5.74) is 3.31. The number of aliphatic carboxylic acids is 1. The Morgan fingerprint density at radius 1 is 1.17 bits per heavy atom. The quantitative estimate of drug-likeness (QED) is 0.655. The molecule has 0 aromatic heterocycles. The Morgan fingerprint density at radius 3 is 2.53 bits per heavy atom. The lowest BCUT2D eigenvalue weighted by Crippen LogP contribution is -2.29. The highest BCUT2D eigenvalue weighted by Crippen LogP contribution is 2.21. The first-order chi connectivity index (χ1) is 14.3. The van der Waals surface area contributed by atoms with Crippen molar-refractivity contribution in [2.75, 3.05) is 7.11 Å².